The number of carboxylic acids is 1. The summed E-state index contributed by atoms with van der Waals surface area (Å²) in [5.74, 6) is 0.621. The molecular formula is C33H31ClLiNO4S. The van der Waals surface area contributed by atoms with Crippen LogP contribution in [0.2, 0.25) is 5.02 Å². The van der Waals surface area contributed by atoms with E-state index < -0.39 is 17.9 Å². The molecule has 5 nitrogen and oxygen atoms in total. The zero-order valence-corrected chi connectivity index (χ0v) is 24.8. The Labute approximate surface area is 263 Å². The molecule has 0 radical (unpaired) electrons. The van der Waals surface area contributed by atoms with E-state index in [1.165, 1.54) is 0 Å². The first-order valence-electron chi connectivity index (χ1n) is 12.8. The summed E-state index contributed by atoms with van der Waals surface area (Å²) in [5.41, 5.74) is 5.02. The summed E-state index contributed by atoms with van der Waals surface area (Å²) in [6.07, 6.45) is 6.24. The summed E-state index contributed by atoms with van der Waals surface area (Å²) in [5, 5.41) is 13.0. The first-order chi connectivity index (χ1) is 19.3. The molecule has 2 N–H and O–H groups in total. The van der Waals surface area contributed by atoms with Crippen LogP contribution in [-0.2, 0) is 4.79 Å². The van der Waals surface area contributed by atoms with Crippen LogP contribution >= 0.6 is 23.4 Å². The van der Waals surface area contributed by atoms with Gasteiger partial charge in [0, 0.05) is 10.6 Å². The molecule has 0 spiro atoms. The number of carboxylic acid groups (broad SMARTS) is 1. The normalized spacial score (nSPS) is 11.5. The molecule has 0 aromatic heterocycles. The Bertz CT molecular complexity index is 1510. The van der Waals surface area contributed by atoms with Gasteiger partial charge in [-0.2, -0.15) is 11.8 Å². The Balaban J connectivity index is 0.00000308. The fourth-order valence-corrected chi connectivity index (χ4v) is 4.77. The second-order valence-corrected chi connectivity index (χ2v) is 10.6. The molecule has 0 saturated carbocycles. The molecule has 0 aliphatic rings. The van der Waals surface area contributed by atoms with Crippen molar-refractivity contribution in [1.29, 1.82) is 0 Å². The van der Waals surface area contributed by atoms with E-state index in [9.17, 15) is 14.7 Å². The Morgan fingerprint density at radius 1 is 0.927 bits per heavy atom. The van der Waals surface area contributed by atoms with Crippen LogP contribution in [0.3, 0.4) is 0 Å². The Morgan fingerprint density at radius 2 is 1.54 bits per heavy atom. The fraction of sp³-hybridized carbons (Fsp3) is 0.152. The third kappa shape index (κ3) is 9.04. The molecule has 0 aliphatic heterocycles. The summed E-state index contributed by atoms with van der Waals surface area (Å²) in [6.45, 7) is 1.99. The average molecular weight is 580 g/mol. The number of nitrogens with one attached hydrogen (secondary N) is 1. The molecule has 0 fully saturated rings. The van der Waals surface area contributed by atoms with Gasteiger partial charge in [-0.05, 0) is 102 Å². The van der Waals surface area contributed by atoms with Crippen LogP contribution in [0.1, 0.15) is 34.9 Å². The van der Waals surface area contributed by atoms with Crippen molar-refractivity contribution in [3.63, 3.8) is 0 Å². The number of thioether (sulfide) groups is 1. The maximum atomic E-state index is 13.3. The molecule has 1 amide bonds. The minimum absolute atomic E-state index is 0. The van der Waals surface area contributed by atoms with E-state index in [1.54, 1.807) is 30.0 Å². The van der Waals surface area contributed by atoms with Gasteiger partial charge in [-0.15, -0.1) is 0 Å². The standard InChI is InChI=1S/C33H30ClNO4S.Li.H/c1-22-5-3-4-6-28(22)30-21-24(11-18-29(30)32(36)35-31(33(37)38)19-20-40-2)8-7-23-9-14-26(15-10-23)39-27-16-12-25(34)13-17-27;;/h3-18,21,31H,19-20H2,1-2H3,(H,35,36)(H,37,38);;/q;+1;-1/b8-7+;;. The van der Waals surface area contributed by atoms with E-state index >= 15 is 0 Å². The van der Waals surface area contributed by atoms with Crippen LogP contribution in [-0.4, -0.2) is 35.0 Å². The van der Waals surface area contributed by atoms with E-state index in [0.29, 0.717) is 34.3 Å². The van der Waals surface area contributed by atoms with Crippen LogP contribution in [0, 0.1) is 6.92 Å². The molecule has 206 valence electrons. The van der Waals surface area contributed by atoms with Crippen molar-refractivity contribution in [3.8, 4) is 22.6 Å². The molecule has 0 heterocycles. The van der Waals surface area contributed by atoms with Gasteiger partial charge >= 0.3 is 24.8 Å². The molecule has 41 heavy (non-hydrogen) atoms. The molecule has 4 aromatic carbocycles. The topological polar surface area (TPSA) is 75.6 Å². The van der Waals surface area contributed by atoms with Crippen LogP contribution in [0.15, 0.2) is 91.0 Å². The largest absolute Gasteiger partial charge is 1.00 e. The SMILES string of the molecule is CSCCC(NC(=O)c1ccc(/C=C/c2ccc(Oc3ccc(Cl)cc3)cc2)cc1-c1ccccc1C)C(=O)O.[H-].[Li+]. The second-order valence-electron chi connectivity index (χ2n) is 9.22. The van der Waals surface area contributed by atoms with Crippen molar-refractivity contribution in [2.24, 2.45) is 0 Å². The third-order valence-corrected chi connectivity index (χ3v) is 7.23. The number of amides is 1. The van der Waals surface area contributed by atoms with Gasteiger partial charge in [0.25, 0.3) is 5.91 Å². The summed E-state index contributed by atoms with van der Waals surface area (Å²) >= 11 is 7.49. The maximum absolute atomic E-state index is 13.3. The summed E-state index contributed by atoms with van der Waals surface area (Å²) < 4.78 is 5.87. The van der Waals surface area contributed by atoms with E-state index in [4.69, 9.17) is 16.3 Å². The maximum Gasteiger partial charge on any atom is 1.00 e. The Kier molecular flexibility index (Phi) is 12.2. The van der Waals surface area contributed by atoms with Crippen molar-refractivity contribution < 1.29 is 39.7 Å². The predicted octanol–water partition coefficient (Wildman–Crippen LogP) is 5.33. The summed E-state index contributed by atoms with van der Waals surface area (Å²) in [7, 11) is 0. The van der Waals surface area contributed by atoms with Crippen molar-refractivity contribution in [2.45, 2.75) is 19.4 Å². The first kappa shape index (κ1) is 32.1. The number of halogens is 1. The molecule has 0 bridgehead atoms. The second kappa shape index (κ2) is 15.6. The summed E-state index contributed by atoms with van der Waals surface area (Å²) in [6, 6.07) is 27.4. The minimum Gasteiger partial charge on any atom is -1.00 e. The molecule has 0 saturated heterocycles. The first-order valence-corrected chi connectivity index (χ1v) is 14.6. The number of rotatable bonds is 11. The number of aryl methyl sites for hydroxylation is 1. The van der Waals surface area contributed by atoms with Gasteiger partial charge in [-0.3, -0.25) is 4.79 Å². The number of carbonyl (C=O) groups is 2. The van der Waals surface area contributed by atoms with Gasteiger partial charge in [0.2, 0.25) is 0 Å². The van der Waals surface area contributed by atoms with E-state index in [2.05, 4.69) is 5.32 Å². The van der Waals surface area contributed by atoms with E-state index in [1.807, 2.05) is 98.1 Å². The number of ether oxygens (including phenoxy) is 1. The fourth-order valence-electron chi connectivity index (χ4n) is 4.17. The van der Waals surface area contributed by atoms with Gasteiger partial charge in [0.05, 0.1) is 0 Å². The van der Waals surface area contributed by atoms with Gasteiger partial charge in [0.1, 0.15) is 17.5 Å². The molecule has 4 aromatic rings. The zero-order chi connectivity index (χ0) is 28.5. The summed E-state index contributed by atoms with van der Waals surface area (Å²) in [4.78, 5) is 25.0. The van der Waals surface area contributed by atoms with Crippen LogP contribution in [0.4, 0.5) is 0 Å². The van der Waals surface area contributed by atoms with Crippen LogP contribution < -0.4 is 28.9 Å². The Morgan fingerprint density at radius 3 is 2.17 bits per heavy atom. The van der Waals surface area contributed by atoms with Gasteiger partial charge in [-0.1, -0.05) is 66.2 Å². The van der Waals surface area contributed by atoms with Gasteiger partial charge < -0.3 is 16.6 Å². The number of benzene rings is 4. The monoisotopic (exact) mass is 579 g/mol. The van der Waals surface area contributed by atoms with Gasteiger partial charge in [-0.25, -0.2) is 4.79 Å². The number of carbonyl (C=O) groups excluding carboxylic acids is 1. The van der Waals surface area contributed by atoms with Crippen molar-refractivity contribution in [1.82, 2.24) is 5.32 Å². The van der Waals surface area contributed by atoms with Crippen molar-refractivity contribution >= 4 is 47.4 Å². The minimum atomic E-state index is -1.04. The zero-order valence-electron chi connectivity index (χ0n) is 24.3. The molecule has 4 rings (SSSR count). The number of hydrogen-bond donors (Lipinski definition) is 2. The van der Waals surface area contributed by atoms with Crippen LogP contribution in [0.25, 0.3) is 23.3 Å². The molecule has 0 aliphatic carbocycles. The third-order valence-electron chi connectivity index (χ3n) is 6.34. The van der Waals surface area contributed by atoms with Crippen molar-refractivity contribution in [3.05, 3.63) is 118 Å². The van der Waals surface area contributed by atoms with E-state index in [-0.39, 0.29) is 20.3 Å². The van der Waals surface area contributed by atoms with Crippen molar-refractivity contribution in [2.75, 3.05) is 12.0 Å². The number of hydrogen-bond acceptors (Lipinski definition) is 4. The molecule has 8 heteroatoms. The number of aliphatic carboxylic acids is 1. The van der Waals surface area contributed by atoms with E-state index in [0.717, 1.165) is 27.8 Å². The predicted molar refractivity (Wildman–Crippen MR) is 167 cm³/mol. The molecule has 1 unspecified atom stereocenters. The smallest absolute Gasteiger partial charge is 1.00 e. The molecular weight excluding hydrogens is 549 g/mol. The van der Waals surface area contributed by atoms with Gasteiger partial charge in [0.15, 0.2) is 0 Å². The molecule has 1 atom stereocenters. The average Bonchev–Trinajstić information content (AvgIpc) is 2.96. The Hall–Kier alpha value is -3.40. The van der Waals surface area contributed by atoms with Crippen LogP contribution in [0.5, 0.6) is 11.5 Å². The quantitative estimate of drug-likeness (QED) is 0.186.